The van der Waals surface area contributed by atoms with E-state index in [9.17, 15) is 0 Å². The van der Waals surface area contributed by atoms with Crippen molar-refractivity contribution in [2.24, 2.45) is 5.92 Å². The molecule has 0 saturated heterocycles. The van der Waals surface area contributed by atoms with Crippen LogP contribution >= 0.6 is 0 Å². The van der Waals surface area contributed by atoms with Crippen LogP contribution in [0.4, 0.5) is 0 Å². The minimum absolute atomic E-state index is 0.555. The zero-order valence-corrected chi connectivity index (χ0v) is 29.0. The number of aryl methyl sites for hydroxylation is 4. The van der Waals surface area contributed by atoms with Crippen LogP contribution in [0.25, 0.3) is 0 Å². The molecule has 0 amide bonds. The topological polar surface area (TPSA) is 0 Å². The summed E-state index contributed by atoms with van der Waals surface area (Å²) in [6, 6.07) is 15.4. The van der Waals surface area contributed by atoms with E-state index >= 15 is 0 Å². The summed E-state index contributed by atoms with van der Waals surface area (Å²) in [6.07, 6.45) is 30.0. The van der Waals surface area contributed by atoms with Gasteiger partial charge in [0, 0.05) is 0 Å². The smallest absolute Gasteiger partial charge is 0.0130 e. The molecule has 42 heavy (non-hydrogen) atoms. The molecule has 0 spiro atoms. The molecule has 237 valence electrons. The Balaban J connectivity index is 2.29. The molecule has 0 bridgehead atoms. The van der Waals surface area contributed by atoms with Crippen LogP contribution in [-0.2, 0) is 32.1 Å². The predicted octanol–water partition coefficient (Wildman–Crippen LogP) is 13.4. The highest BCUT2D eigenvalue weighted by Gasteiger charge is 2.20. The molecule has 2 rings (SSSR count). The summed E-state index contributed by atoms with van der Waals surface area (Å²) in [5.74, 6) is 1.20. The second-order valence-electron chi connectivity index (χ2n) is 13.4. The van der Waals surface area contributed by atoms with E-state index in [-0.39, 0.29) is 0 Å². The van der Waals surface area contributed by atoms with Crippen LogP contribution < -0.4 is 0 Å². The first kappa shape index (κ1) is 36.6. The maximum absolute atomic E-state index is 2.79. The fourth-order valence-corrected chi connectivity index (χ4v) is 6.70. The van der Waals surface area contributed by atoms with Crippen molar-refractivity contribution in [2.45, 2.75) is 182 Å². The standard InChI is InChI=1S/C42H69/c1-7-13-18-23-35-27-36(24-19-14-8-2)30-40(29-35)31-37(22-17-11-5)32-41(12-6)42-33-38(25-20-15-9-3)28-39(34-42)26-21-16-10-4/h27-30,32-34,37,41H,7-26,31H2,1-6H3. The second-order valence-corrected chi connectivity index (χ2v) is 13.4. The Morgan fingerprint density at radius 3 is 1.21 bits per heavy atom. The van der Waals surface area contributed by atoms with E-state index in [1.54, 1.807) is 33.4 Å². The van der Waals surface area contributed by atoms with Crippen molar-refractivity contribution >= 4 is 0 Å². The molecule has 1 radical (unpaired) electrons. The average Bonchev–Trinajstić information content (AvgIpc) is 2.99. The third kappa shape index (κ3) is 14.8. The van der Waals surface area contributed by atoms with Gasteiger partial charge < -0.3 is 0 Å². The Bertz CT molecular complexity index is 881. The Morgan fingerprint density at radius 1 is 0.452 bits per heavy atom. The maximum atomic E-state index is 2.79. The first-order valence-corrected chi connectivity index (χ1v) is 18.7. The quantitative estimate of drug-likeness (QED) is 0.104. The molecule has 0 heterocycles. The number of benzene rings is 2. The van der Waals surface area contributed by atoms with Gasteiger partial charge in [0.15, 0.2) is 0 Å². The minimum atomic E-state index is 0.555. The SMILES string of the molecule is CCCCCc1cc(CCCCC)cc(CC([CH]C(CC)c2cc(CCCCC)cc(CCCCC)c2)CCCC)c1. The van der Waals surface area contributed by atoms with Crippen LogP contribution in [0.5, 0.6) is 0 Å². The summed E-state index contributed by atoms with van der Waals surface area (Å²) < 4.78 is 0. The third-order valence-electron chi connectivity index (χ3n) is 9.26. The molecule has 2 aromatic rings. The number of hydrogen-bond donors (Lipinski definition) is 0. The molecule has 0 N–H and O–H groups in total. The Morgan fingerprint density at radius 2 is 0.833 bits per heavy atom. The highest BCUT2D eigenvalue weighted by molar-refractivity contribution is 5.35. The summed E-state index contributed by atoms with van der Waals surface area (Å²) in [7, 11) is 0. The maximum Gasteiger partial charge on any atom is -0.0130 e. The summed E-state index contributed by atoms with van der Waals surface area (Å²) in [6.45, 7) is 14.1. The molecule has 2 unspecified atom stereocenters. The summed E-state index contributed by atoms with van der Waals surface area (Å²) in [5.41, 5.74) is 9.53. The van der Waals surface area contributed by atoms with Gasteiger partial charge in [-0.25, -0.2) is 0 Å². The summed E-state index contributed by atoms with van der Waals surface area (Å²) in [4.78, 5) is 0. The van der Waals surface area contributed by atoms with E-state index in [1.165, 1.54) is 135 Å². The van der Waals surface area contributed by atoms with Crippen LogP contribution in [0.1, 0.15) is 184 Å². The van der Waals surface area contributed by atoms with E-state index in [2.05, 4.69) is 84.4 Å². The van der Waals surface area contributed by atoms with Crippen molar-refractivity contribution in [3.63, 3.8) is 0 Å². The van der Waals surface area contributed by atoms with Gasteiger partial charge in [0.2, 0.25) is 0 Å². The van der Waals surface area contributed by atoms with Gasteiger partial charge in [-0.05, 0) is 122 Å². The lowest BCUT2D eigenvalue weighted by Gasteiger charge is -2.25. The monoisotopic (exact) mass is 574 g/mol. The van der Waals surface area contributed by atoms with Crippen LogP contribution in [-0.4, -0.2) is 0 Å². The zero-order valence-electron chi connectivity index (χ0n) is 29.0. The van der Waals surface area contributed by atoms with Crippen LogP contribution in [0, 0.1) is 12.3 Å². The number of hydrogen-bond acceptors (Lipinski definition) is 0. The van der Waals surface area contributed by atoms with Gasteiger partial charge >= 0.3 is 0 Å². The van der Waals surface area contributed by atoms with Gasteiger partial charge in [-0.15, -0.1) is 0 Å². The minimum Gasteiger partial charge on any atom is -0.0654 e. The highest BCUT2D eigenvalue weighted by atomic mass is 14.2. The predicted molar refractivity (Wildman–Crippen MR) is 190 cm³/mol. The van der Waals surface area contributed by atoms with Gasteiger partial charge in [0.25, 0.3) is 0 Å². The lowest BCUT2D eigenvalue weighted by molar-refractivity contribution is 0.482. The Labute approximate surface area is 263 Å². The molecule has 0 aromatic heterocycles. The Kier molecular flexibility index (Phi) is 20.0. The van der Waals surface area contributed by atoms with Crippen LogP contribution in [0.2, 0.25) is 0 Å². The van der Waals surface area contributed by atoms with Crippen LogP contribution in [0.3, 0.4) is 0 Å². The van der Waals surface area contributed by atoms with Gasteiger partial charge in [-0.3, -0.25) is 0 Å². The van der Waals surface area contributed by atoms with Crippen LogP contribution in [0.15, 0.2) is 36.4 Å². The van der Waals surface area contributed by atoms with Gasteiger partial charge in [-0.2, -0.15) is 0 Å². The van der Waals surface area contributed by atoms with Gasteiger partial charge in [-0.1, -0.05) is 142 Å². The highest BCUT2D eigenvalue weighted by Crippen LogP contribution is 2.33. The summed E-state index contributed by atoms with van der Waals surface area (Å²) >= 11 is 0. The van der Waals surface area contributed by atoms with Crippen molar-refractivity contribution in [1.82, 2.24) is 0 Å². The van der Waals surface area contributed by atoms with Crippen molar-refractivity contribution in [1.29, 1.82) is 0 Å². The fourth-order valence-electron chi connectivity index (χ4n) is 6.70. The van der Waals surface area contributed by atoms with E-state index < -0.39 is 0 Å². The largest absolute Gasteiger partial charge is 0.0654 e. The molecular weight excluding hydrogens is 504 g/mol. The molecule has 0 aliphatic rings. The van der Waals surface area contributed by atoms with Crippen molar-refractivity contribution in [2.75, 3.05) is 0 Å². The lowest BCUT2D eigenvalue weighted by Crippen LogP contribution is -2.13. The third-order valence-corrected chi connectivity index (χ3v) is 9.26. The molecule has 0 aliphatic heterocycles. The van der Waals surface area contributed by atoms with E-state index in [1.807, 2.05) is 0 Å². The fraction of sp³-hybridized carbons (Fsp3) is 0.690. The van der Waals surface area contributed by atoms with Crippen molar-refractivity contribution in [3.8, 4) is 0 Å². The summed E-state index contributed by atoms with van der Waals surface area (Å²) in [5, 5.41) is 0. The molecule has 0 heteroatoms. The van der Waals surface area contributed by atoms with Crippen molar-refractivity contribution in [3.05, 3.63) is 76.2 Å². The van der Waals surface area contributed by atoms with E-state index in [0.717, 1.165) is 0 Å². The number of rotatable bonds is 25. The molecule has 0 saturated carbocycles. The zero-order chi connectivity index (χ0) is 30.4. The molecule has 0 nitrogen and oxygen atoms in total. The number of unbranched alkanes of at least 4 members (excludes halogenated alkanes) is 9. The van der Waals surface area contributed by atoms with E-state index in [0.29, 0.717) is 11.8 Å². The van der Waals surface area contributed by atoms with Gasteiger partial charge in [0.05, 0.1) is 0 Å². The first-order valence-electron chi connectivity index (χ1n) is 18.7. The molecule has 2 aromatic carbocycles. The van der Waals surface area contributed by atoms with E-state index in [4.69, 9.17) is 0 Å². The molecule has 2 atom stereocenters. The second kappa shape index (κ2) is 22.9. The average molecular weight is 574 g/mol. The lowest BCUT2D eigenvalue weighted by atomic mass is 9.80. The normalized spacial score (nSPS) is 13.0. The Hall–Kier alpha value is -1.56. The molecule has 0 fully saturated rings. The van der Waals surface area contributed by atoms with Gasteiger partial charge in [0.1, 0.15) is 0 Å². The molecular formula is C42H69. The molecule has 0 aliphatic carbocycles. The van der Waals surface area contributed by atoms with Crippen molar-refractivity contribution < 1.29 is 0 Å². The first-order chi connectivity index (χ1) is 20.6.